The molecule has 5 heteroatoms. The summed E-state index contributed by atoms with van der Waals surface area (Å²) in [4.78, 5) is 0. The van der Waals surface area contributed by atoms with Crippen molar-refractivity contribution in [2.75, 3.05) is 13.2 Å². The molecule has 4 atom stereocenters. The van der Waals surface area contributed by atoms with Gasteiger partial charge in [0.15, 0.2) is 0 Å². The van der Waals surface area contributed by atoms with Crippen LogP contribution in [0, 0.1) is 5.92 Å². The summed E-state index contributed by atoms with van der Waals surface area (Å²) in [6.07, 6.45) is 11.8. The quantitative estimate of drug-likeness (QED) is 0.305. The van der Waals surface area contributed by atoms with Crippen LogP contribution >= 0.6 is 0 Å². The molecule has 0 spiro atoms. The molecule has 0 radical (unpaired) electrons. The van der Waals surface area contributed by atoms with Crippen LogP contribution in [0.25, 0.3) is 0 Å². The summed E-state index contributed by atoms with van der Waals surface area (Å²) < 4.78 is 24.8. The predicted octanol–water partition coefficient (Wildman–Crippen LogP) is 5.33. The summed E-state index contributed by atoms with van der Waals surface area (Å²) >= 11 is 0. The smallest absolute Gasteiger partial charge is 0.373 e. The molecule has 0 amide bonds. The number of rotatable bonds is 14. The maximum absolute atomic E-state index is 6.62. The maximum atomic E-state index is 6.62. The van der Waals surface area contributed by atoms with Crippen LogP contribution in [0.4, 0.5) is 0 Å². The molecule has 4 nitrogen and oxygen atoms in total. The molecule has 1 aliphatic carbocycles. The minimum atomic E-state index is -2.54. The Balaban J connectivity index is 1.87. The average molecular weight is 373 g/mol. The van der Waals surface area contributed by atoms with Crippen molar-refractivity contribution in [3.8, 4) is 0 Å². The van der Waals surface area contributed by atoms with Gasteiger partial charge < -0.3 is 18.0 Å². The highest BCUT2D eigenvalue weighted by molar-refractivity contribution is 6.60. The van der Waals surface area contributed by atoms with Crippen LogP contribution in [0.15, 0.2) is 0 Å². The molecule has 1 saturated carbocycles. The summed E-state index contributed by atoms with van der Waals surface area (Å²) in [6, 6.07) is 0.935. The molecule has 1 aliphatic heterocycles. The topological polar surface area (TPSA) is 40.2 Å². The standard InChI is InChI=1S/C20H40O4Si/c1-5-13-21-25(15-7-3,22-14-6-2)24-18(8-4)11-9-17-10-12-19-20(16-17)23-19/h17-20H,5-16H2,1-4H3. The SMILES string of the molecule is CCCO[Si](CCC)(OCCC)OC(CC)CCC1CCC2OC2C1. The molecule has 25 heavy (non-hydrogen) atoms. The lowest BCUT2D eigenvalue weighted by atomic mass is 9.85. The Labute approximate surface area is 156 Å². The normalized spacial score (nSPS) is 27.1. The lowest BCUT2D eigenvalue weighted by Gasteiger charge is -2.33. The first-order valence-electron chi connectivity index (χ1n) is 10.8. The molecular weight excluding hydrogens is 332 g/mol. The second kappa shape index (κ2) is 11.0. The highest BCUT2D eigenvalue weighted by Crippen LogP contribution is 2.41. The fourth-order valence-corrected chi connectivity index (χ4v) is 6.97. The van der Waals surface area contributed by atoms with Crippen LogP contribution in [-0.4, -0.2) is 40.3 Å². The predicted molar refractivity (Wildman–Crippen MR) is 104 cm³/mol. The van der Waals surface area contributed by atoms with E-state index in [0.717, 1.165) is 57.3 Å². The molecule has 4 unspecified atom stereocenters. The van der Waals surface area contributed by atoms with Crippen molar-refractivity contribution in [3.63, 3.8) is 0 Å². The molecule has 2 fully saturated rings. The minimum Gasteiger partial charge on any atom is -0.373 e. The Kier molecular flexibility index (Phi) is 9.42. The Morgan fingerprint density at radius 3 is 2.24 bits per heavy atom. The van der Waals surface area contributed by atoms with Crippen LogP contribution in [0.3, 0.4) is 0 Å². The first kappa shape index (κ1) is 21.4. The number of hydrogen-bond donors (Lipinski definition) is 0. The third-order valence-electron chi connectivity index (χ3n) is 5.42. The van der Waals surface area contributed by atoms with Crippen LogP contribution in [-0.2, 0) is 18.0 Å². The van der Waals surface area contributed by atoms with Crippen molar-refractivity contribution in [2.45, 2.75) is 110 Å². The number of hydrogen-bond acceptors (Lipinski definition) is 4. The van der Waals surface area contributed by atoms with Gasteiger partial charge in [0.05, 0.1) is 12.2 Å². The zero-order chi connectivity index (χ0) is 18.1. The molecule has 0 N–H and O–H groups in total. The van der Waals surface area contributed by atoms with Crippen LogP contribution in [0.2, 0.25) is 6.04 Å². The van der Waals surface area contributed by atoms with Gasteiger partial charge in [-0.25, -0.2) is 0 Å². The fourth-order valence-electron chi connectivity index (χ4n) is 3.91. The number of ether oxygens (including phenoxy) is 1. The van der Waals surface area contributed by atoms with Crippen molar-refractivity contribution < 1.29 is 18.0 Å². The van der Waals surface area contributed by atoms with Crippen LogP contribution in [0.5, 0.6) is 0 Å². The van der Waals surface area contributed by atoms with Gasteiger partial charge in [-0.15, -0.1) is 0 Å². The first-order valence-corrected chi connectivity index (χ1v) is 12.7. The van der Waals surface area contributed by atoms with Crippen LogP contribution in [0.1, 0.15) is 85.5 Å². The van der Waals surface area contributed by atoms with E-state index < -0.39 is 8.80 Å². The van der Waals surface area contributed by atoms with E-state index in [1.807, 2.05) is 0 Å². The van der Waals surface area contributed by atoms with E-state index in [0.29, 0.717) is 12.2 Å². The third kappa shape index (κ3) is 6.94. The van der Waals surface area contributed by atoms with Gasteiger partial charge in [-0.2, -0.15) is 0 Å². The van der Waals surface area contributed by atoms with Gasteiger partial charge in [-0.05, 0) is 57.3 Å². The van der Waals surface area contributed by atoms with Gasteiger partial charge in [-0.1, -0.05) is 34.1 Å². The Morgan fingerprint density at radius 2 is 1.68 bits per heavy atom. The van der Waals surface area contributed by atoms with E-state index in [1.54, 1.807) is 0 Å². The molecule has 2 rings (SSSR count). The van der Waals surface area contributed by atoms with Gasteiger partial charge in [0, 0.05) is 25.4 Å². The van der Waals surface area contributed by atoms with Crippen molar-refractivity contribution in [1.29, 1.82) is 0 Å². The summed E-state index contributed by atoms with van der Waals surface area (Å²) in [5.74, 6) is 0.816. The number of epoxide rings is 1. The lowest BCUT2D eigenvalue weighted by molar-refractivity contribution is 0.0195. The van der Waals surface area contributed by atoms with E-state index in [-0.39, 0.29) is 6.10 Å². The number of fused-ring (bicyclic) bond motifs is 1. The minimum absolute atomic E-state index is 0.268. The average Bonchev–Trinajstić information content (AvgIpc) is 3.40. The second-order valence-corrected chi connectivity index (χ2v) is 10.4. The largest absolute Gasteiger partial charge is 0.501 e. The second-order valence-electron chi connectivity index (χ2n) is 7.75. The third-order valence-corrected chi connectivity index (χ3v) is 8.51. The Morgan fingerprint density at radius 1 is 0.960 bits per heavy atom. The molecule has 0 aromatic rings. The van der Waals surface area contributed by atoms with Gasteiger partial charge in [-0.3, -0.25) is 0 Å². The molecular formula is C20H40O4Si. The van der Waals surface area contributed by atoms with Crippen molar-refractivity contribution in [3.05, 3.63) is 0 Å². The van der Waals surface area contributed by atoms with Crippen molar-refractivity contribution in [1.82, 2.24) is 0 Å². The van der Waals surface area contributed by atoms with Gasteiger partial charge >= 0.3 is 8.80 Å². The van der Waals surface area contributed by atoms with Gasteiger partial charge in [0.25, 0.3) is 0 Å². The highest BCUT2D eigenvalue weighted by atomic mass is 28.4. The lowest BCUT2D eigenvalue weighted by Crippen LogP contribution is -2.48. The highest BCUT2D eigenvalue weighted by Gasteiger charge is 2.44. The summed E-state index contributed by atoms with van der Waals surface area (Å²) in [6.45, 7) is 10.2. The summed E-state index contributed by atoms with van der Waals surface area (Å²) in [5, 5.41) is 0. The van der Waals surface area contributed by atoms with E-state index in [1.165, 1.54) is 25.7 Å². The molecule has 1 heterocycles. The molecule has 2 aliphatic rings. The molecule has 148 valence electrons. The van der Waals surface area contributed by atoms with Gasteiger partial charge in [0.2, 0.25) is 0 Å². The van der Waals surface area contributed by atoms with E-state index in [9.17, 15) is 0 Å². The molecule has 1 saturated heterocycles. The fraction of sp³-hybridized carbons (Fsp3) is 1.00. The van der Waals surface area contributed by atoms with Crippen LogP contribution < -0.4 is 0 Å². The van der Waals surface area contributed by atoms with E-state index in [2.05, 4.69) is 27.7 Å². The van der Waals surface area contributed by atoms with Gasteiger partial charge in [0.1, 0.15) is 0 Å². The first-order chi connectivity index (χ1) is 12.2. The van der Waals surface area contributed by atoms with E-state index in [4.69, 9.17) is 18.0 Å². The monoisotopic (exact) mass is 372 g/mol. The molecule has 0 bridgehead atoms. The summed E-state index contributed by atoms with van der Waals surface area (Å²) in [7, 11) is -2.54. The molecule has 0 aromatic carbocycles. The zero-order valence-corrected chi connectivity index (χ0v) is 17.9. The van der Waals surface area contributed by atoms with E-state index >= 15 is 0 Å². The van der Waals surface area contributed by atoms with Crippen molar-refractivity contribution >= 4 is 8.80 Å². The Bertz CT molecular complexity index is 358. The zero-order valence-electron chi connectivity index (χ0n) is 16.9. The molecule has 0 aromatic heterocycles. The maximum Gasteiger partial charge on any atom is 0.501 e. The summed E-state index contributed by atoms with van der Waals surface area (Å²) in [5.41, 5.74) is 0. The van der Waals surface area contributed by atoms with Crippen molar-refractivity contribution in [2.24, 2.45) is 5.92 Å². The Hall–Kier alpha value is 0.0569.